The molecule has 0 N–H and O–H groups in total. The standard InChI is InChI=1S/C13H18FN3O/c1-13(2)9-17(8-7-16(13)3)12(18)10-5-4-6-15-11(10)14/h4-6H,7-9H2,1-3H3. The van der Waals surface area contributed by atoms with Crippen LogP contribution in [0.2, 0.25) is 0 Å². The highest BCUT2D eigenvalue weighted by Crippen LogP contribution is 2.20. The van der Waals surface area contributed by atoms with Crippen LogP contribution in [0.5, 0.6) is 0 Å². The van der Waals surface area contributed by atoms with Crippen molar-refractivity contribution in [3.63, 3.8) is 0 Å². The Morgan fingerprint density at radius 2 is 2.17 bits per heavy atom. The van der Waals surface area contributed by atoms with Crippen LogP contribution in [-0.4, -0.2) is 52.9 Å². The molecule has 2 rings (SSSR count). The van der Waals surface area contributed by atoms with Crippen molar-refractivity contribution < 1.29 is 9.18 Å². The van der Waals surface area contributed by atoms with Crippen molar-refractivity contribution in [1.82, 2.24) is 14.8 Å². The Bertz CT molecular complexity index is 461. The number of carbonyl (C=O) groups is 1. The van der Waals surface area contributed by atoms with E-state index in [4.69, 9.17) is 0 Å². The molecule has 0 atom stereocenters. The van der Waals surface area contributed by atoms with Crippen LogP contribution >= 0.6 is 0 Å². The van der Waals surface area contributed by atoms with Crippen molar-refractivity contribution >= 4 is 5.91 Å². The van der Waals surface area contributed by atoms with Crippen LogP contribution in [0.25, 0.3) is 0 Å². The van der Waals surface area contributed by atoms with Crippen LogP contribution in [0, 0.1) is 5.95 Å². The zero-order valence-electron chi connectivity index (χ0n) is 11.0. The zero-order chi connectivity index (χ0) is 13.3. The van der Waals surface area contributed by atoms with Gasteiger partial charge in [-0.15, -0.1) is 0 Å². The minimum absolute atomic E-state index is 0.0536. The predicted octanol–water partition coefficient (Wildman–Crippen LogP) is 1.39. The highest BCUT2D eigenvalue weighted by atomic mass is 19.1. The van der Waals surface area contributed by atoms with E-state index >= 15 is 0 Å². The summed E-state index contributed by atoms with van der Waals surface area (Å²) in [4.78, 5) is 19.7. The number of nitrogens with zero attached hydrogens (tertiary/aromatic N) is 3. The third-order valence-electron chi connectivity index (χ3n) is 3.59. The van der Waals surface area contributed by atoms with Crippen LogP contribution in [0.4, 0.5) is 4.39 Å². The van der Waals surface area contributed by atoms with Gasteiger partial charge in [0.25, 0.3) is 5.91 Å². The molecule has 0 saturated carbocycles. The number of likely N-dealkylation sites (N-methyl/N-ethyl adjacent to an activating group) is 1. The van der Waals surface area contributed by atoms with Crippen LogP contribution < -0.4 is 0 Å². The molecule has 2 heterocycles. The van der Waals surface area contributed by atoms with Gasteiger partial charge in [0.15, 0.2) is 0 Å². The molecule has 0 unspecified atom stereocenters. The molecular formula is C13H18FN3O. The number of amides is 1. The first-order valence-corrected chi connectivity index (χ1v) is 6.03. The maximum atomic E-state index is 13.5. The average molecular weight is 251 g/mol. The molecule has 1 amide bonds. The lowest BCUT2D eigenvalue weighted by Crippen LogP contribution is -2.58. The summed E-state index contributed by atoms with van der Waals surface area (Å²) in [6.07, 6.45) is 1.35. The Morgan fingerprint density at radius 3 is 2.78 bits per heavy atom. The van der Waals surface area contributed by atoms with Gasteiger partial charge in [0.05, 0.1) is 5.56 Å². The summed E-state index contributed by atoms with van der Waals surface area (Å²) in [5.74, 6) is -0.971. The predicted molar refractivity (Wildman–Crippen MR) is 66.8 cm³/mol. The molecule has 98 valence electrons. The van der Waals surface area contributed by atoms with E-state index in [-0.39, 0.29) is 17.0 Å². The van der Waals surface area contributed by atoms with Crippen molar-refractivity contribution in [2.75, 3.05) is 26.7 Å². The average Bonchev–Trinajstić information content (AvgIpc) is 2.32. The molecule has 18 heavy (non-hydrogen) atoms. The summed E-state index contributed by atoms with van der Waals surface area (Å²) in [6, 6.07) is 3.06. The highest BCUT2D eigenvalue weighted by Gasteiger charge is 2.34. The minimum atomic E-state index is -0.695. The molecule has 1 fully saturated rings. The first-order chi connectivity index (χ1) is 8.42. The molecule has 1 saturated heterocycles. The summed E-state index contributed by atoms with van der Waals surface area (Å²) < 4.78 is 13.5. The van der Waals surface area contributed by atoms with E-state index in [2.05, 4.69) is 23.7 Å². The van der Waals surface area contributed by atoms with Gasteiger partial charge in [-0.3, -0.25) is 9.69 Å². The second kappa shape index (κ2) is 4.65. The van der Waals surface area contributed by atoms with Gasteiger partial charge in [-0.25, -0.2) is 4.98 Å². The molecular weight excluding hydrogens is 233 g/mol. The first kappa shape index (κ1) is 13.0. The number of aromatic nitrogens is 1. The Hall–Kier alpha value is -1.49. The number of pyridine rings is 1. The summed E-state index contributed by atoms with van der Waals surface area (Å²) in [5, 5.41) is 0. The van der Waals surface area contributed by atoms with Gasteiger partial charge in [-0.1, -0.05) is 0 Å². The van der Waals surface area contributed by atoms with Crippen molar-refractivity contribution in [2.24, 2.45) is 0 Å². The summed E-state index contributed by atoms with van der Waals surface area (Å²) >= 11 is 0. The molecule has 1 aliphatic rings. The Labute approximate surface area is 106 Å². The third kappa shape index (κ3) is 2.36. The lowest BCUT2D eigenvalue weighted by Gasteiger charge is -2.45. The van der Waals surface area contributed by atoms with Gasteiger partial charge in [-0.05, 0) is 33.0 Å². The number of hydrogen-bond acceptors (Lipinski definition) is 3. The van der Waals surface area contributed by atoms with E-state index < -0.39 is 5.95 Å². The number of piperazine rings is 1. The first-order valence-electron chi connectivity index (χ1n) is 6.03. The molecule has 4 nitrogen and oxygen atoms in total. The molecule has 1 aromatic rings. The number of hydrogen-bond donors (Lipinski definition) is 0. The van der Waals surface area contributed by atoms with Crippen molar-refractivity contribution in [2.45, 2.75) is 19.4 Å². The van der Waals surface area contributed by atoms with E-state index in [0.717, 1.165) is 6.54 Å². The normalized spacial score (nSPS) is 19.9. The van der Waals surface area contributed by atoms with Crippen LogP contribution in [0.1, 0.15) is 24.2 Å². The van der Waals surface area contributed by atoms with E-state index in [1.54, 1.807) is 11.0 Å². The van der Waals surface area contributed by atoms with Gasteiger partial charge in [0.1, 0.15) is 0 Å². The van der Waals surface area contributed by atoms with E-state index in [1.165, 1.54) is 12.3 Å². The highest BCUT2D eigenvalue weighted by molar-refractivity contribution is 5.94. The molecule has 5 heteroatoms. The van der Waals surface area contributed by atoms with Gasteiger partial charge >= 0.3 is 0 Å². The largest absolute Gasteiger partial charge is 0.335 e. The molecule has 0 aromatic carbocycles. The smallest absolute Gasteiger partial charge is 0.258 e. The Balaban J connectivity index is 2.18. The van der Waals surface area contributed by atoms with E-state index in [0.29, 0.717) is 13.1 Å². The Kier molecular flexibility index (Phi) is 3.34. The van der Waals surface area contributed by atoms with Gasteiger partial charge in [0.2, 0.25) is 5.95 Å². The zero-order valence-corrected chi connectivity index (χ0v) is 11.0. The number of rotatable bonds is 1. The lowest BCUT2D eigenvalue weighted by molar-refractivity contribution is 0.0307. The number of halogens is 1. The SMILES string of the molecule is CN1CCN(C(=O)c2cccnc2F)CC1(C)C. The maximum Gasteiger partial charge on any atom is 0.258 e. The van der Waals surface area contributed by atoms with Gasteiger partial charge < -0.3 is 4.90 Å². The molecule has 0 spiro atoms. The minimum Gasteiger partial charge on any atom is -0.335 e. The molecule has 0 bridgehead atoms. The molecule has 1 aliphatic heterocycles. The third-order valence-corrected chi connectivity index (χ3v) is 3.59. The second-order valence-corrected chi connectivity index (χ2v) is 5.30. The maximum absolute atomic E-state index is 13.5. The fourth-order valence-corrected chi connectivity index (χ4v) is 2.13. The fraction of sp³-hybridized carbons (Fsp3) is 0.538. The lowest BCUT2D eigenvalue weighted by atomic mass is 9.99. The van der Waals surface area contributed by atoms with Crippen LogP contribution in [0.15, 0.2) is 18.3 Å². The molecule has 0 radical (unpaired) electrons. The van der Waals surface area contributed by atoms with E-state index in [1.807, 2.05) is 7.05 Å². The number of carbonyl (C=O) groups excluding carboxylic acids is 1. The molecule has 0 aliphatic carbocycles. The topological polar surface area (TPSA) is 36.4 Å². The van der Waals surface area contributed by atoms with Gasteiger partial charge in [-0.2, -0.15) is 4.39 Å². The fourth-order valence-electron chi connectivity index (χ4n) is 2.13. The van der Waals surface area contributed by atoms with Crippen LogP contribution in [0.3, 0.4) is 0 Å². The van der Waals surface area contributed by atoms with E-state index in [9.17, 15) is 9.18 Å². The second-order valence-electron chi connectivity index (χ2n) is 5.30. The quantitative estimate of drug-likeness (QED) is 0.708. The summed E-state index contributed by atoms with van der Waals surface area (Å²) in [5.41, 5.74) is -0.0371. The van der Waals surface area contributed by atoms with Crippen LogP contribution in [-0.2, 0) is 0 Å². The Morgan fingerprint density at radius 1 is 1.44 bits per heavy atom. The van der Waals surface area contributed by atoms with Crippen molar-refractivity contribution in [3.8, 4) is 0 Å². The van der Waals surface area contributed by atoms with Crippen molar-refractivity contribution in [1.29, 1.82) is 0 Å². The summed E-state index contributed by atoms with van der Waals surface area (Å²) in [6.45, 7) is 6.16. The monoisotopic (exact) mass is 251 g/mol. The molecule has 1 aromatic heterocycles. The summed E-state index contributed by atoms with van der Waals surface area (Å²) in [7, 11) is 2.03. The van der Waals surface area contributed by atoms with Gasteiger partial charge in [0, 0.05) is 31.4 Å². The van der Waals surface area contributed by atoms with Crippen molar-refractivity contribution in [3.05, 3.63) is 29.8 Å².